The number of amides is 4. The van der Waals surface area contributed by atoms with Crippen LogP contribution < -0.4 is 27.2 Å². The van der Waals surface area contributed by atoms with Crippen LogP contribution in [0.25, 0.3) is 10.9 Å². The van der Waals surface area contributed by atoms with E-state index in [2.05, 4.69) is 16.0 Å². The van der Waals surface area contributed by atoms with Crippen LogP contribution in [0.1, 0.15) is 76.7 Å². The molecule has 1 saturated carbocycles. The number of aromatic nitrogens is 2. The van der Waals surface area contributed by atoms with Gasteiger partial charge in [0, 0.05) is 48.7 Å². The number of hydrogen-bond acceptors (Lipinski definition) is 6. The van der Waals surface area contributed by atoms with E-state index >= 15 is 0 Å². The minimum Gasteiger partial charge on any atom is -0.444 e. The molecule has 3 N–H and O–H groups in total. The second-order valence-corrected chi connectivity index (χ2v) is 13.2. The lowest BCUT2D eigenvalue weighted by Crippen LogP contribution is -2.50. The topological polar surface area (TPSA) is 144 Å². The highest BCUT2D eigenvalue weighted by Gasteiger charge is 2.27. The minimum absolute atomic E-state index is 0.140. The summed E-state index contributed by atoms with van der Waals surface area (Å²) in [5.41, 5.74) is 0.661. The Hall–Kier alpha value is -4.61. The number of ether oxygens (including phenoxy) is 1. The molecule has 3 aromatic rings. The van der Waals surface area contributed by atoms with Crippen LogP contribution in [0.4, 0.5) is 21.0 Å². The highest BCUT2D eigenvalue weighted by Crippen LogP contribution is 2.30. The monoisotopic (exact) mass is 618 g/mol. The van der Waals surface area contributed by atoms with Crippen molar-refractivity contribution in [3.05, 3.63) is 68.9 Å². The predicted molar refractivity (Wildman–Crippen MR) is 173 cm³/mol. The molecular weight excluding hydrogens is 576 g/mol. The molecule has 4 amide bonds. The molecule has 12 nitrogen and oxygen atoms in total. The molecule has 2 fully saturated rings. The van der Waals surface area contributed by atoms with E-state index in [9.17, 15) is 24.0 Å². The highest BCUT2D eigenvalue weighted by molar-refractivity contribution is 5.96. The summed E-state index contributed by atoms with van der Waals surface area (Å²) in [6.07, 6.45) is 2.88. The molecule has 1 aliphatic heterocycles. The van der Waals surface area contributed by atoms with Gasteiger partial charge in [-0.05, 0) is 109 Å². The van der Waals surface area contributed by atoms with Gasteiger partial charge in [-0.3, -0.25) is 24.0 Å². The summed E-state index contributed by atoms with van der Waals surface area (Å²) in [4.78, 5) is 66.4. The van der Waals surface area contributed by atoms with Crippen molar-refractivity contribution in [2.75, 3.05) is 23.7 Å². The third-order valence-corrected chi connectivity index (χ3v) is 7.91. The standard InChI is InChI=1S/C33H42N6O6/c1-20(2)39-27-15-14-24(17-26(27)29(41)38(32(39)44)18-21-8-9-21)35-30(42)37-16-6-7-25(19-37)34-28(40)22-10-12-23(13-11-22)36-31(43)45-33(3,4)5/h10-15,17,20-21,25H,6-9,16,18-19H2,1-5H3,(H,34,40)(H,35,42)(H,36,43)/t25-/m1/s1. The molecule has 0 spiro atoms. The van der Waals surface area contributed by atoms with Gasteiger partial charge in [0.25, 0.3) is 11.5 Å². The Labute approximate surface area is 261 Å². The average Bonchev–Trinajstić information content (AvgIpc) is 3.79. The molecule has 1 atom stereocenters. The van der Waals surface area contributed by atoms with Crippen molar-refractivity contribution < 1.29 is 19.1 Å². The predicted octanol–water partition coefficient (Wildman–Crippen LogP) is 4.93. The number of urea groups is 1. The number of nitrogens with zero attached hydrogens (tertiary/aromatic N) is 3. The molecule has 1 aliphatic carbocycles. The van der Waals surface area contributed by atoms with Gasteiger partial charge in [0.1, 0.15) is 5.60 Å². The van der Waals surface area contributed by atoms with E-state index in [1.54, 1.807) is 72.7 Å². The van der Waals surface area contributed by atoms with Crippen molar-refractivity contribution in [2.45, 2.75) is 84.5 Å². The van der Waals surface area contributed by atoms with E-state index in [4.69, 9.17) is 4.74 Å². The molecule has 45 heavy (non-hydrogen) atoms. The maximum atomic E-state index is 13.4. The molecular formula is C33H42N6O6. The molecule has 12 heteroatoms. The highest BCUT2D eigenvalue weighted by atomic mass is 16.6. The van der Waals surface area contributed by atoms with Crippen molar-refractivity contribution in [3.63, 3.8) is 0 Å². The van der Waals surface area contributed by atoms with Crippen LogP contribution in [0.2, 0.25) is 0 Å². The van der Waals surface area contributed by atoms with Crippen molar-refractivity contribution in [2.24, 2.45) is 5.92 Å². The quantitative estimate of drug-likeness (QED) is 0.343. The number of piperidine rings is 1. The molecule has 1 aromatic heterocycles. The van der Waals surface area contributed by atoms with Gasteiger partial charge in [-0.25, -0.2) is 14.4 Å². The Morgan fingerprint density at radius 2 is 1.64 bits per heavy atom. The van der Waals surface area contributed by atoms with E-state index in [1.807, 2.05) is 13.8 Å². The molecule has 0 bridgehead atoms. The number of carbonyl (C=O) groups is 3. The van der Waals surface area contributed by atoms with Gasteiger partial charge < -0.3 is 20.3 Å². The van der Waals surface area contributed by atoms with E-state index < -0.39 is 11.7 Å². The van der Waals surface area contributed by atoms with Gasteiger partial charge in [0.2, 0.25) is 0 Å². The zero-order chi connectivity index (χ0) is 32.5. The maximum absolute atomic E-state index is 13.4. The smallest absolute Gasteiger partial charge is 0.412 e. The summed E-state index contributed by atoms with van der Waals surface area (Å²) in [6, 6.07) is 10.8. The van der Waals surface area contributed by atoms with E-state index in [1.165, 1.54) is 4.57 Å². The van der Waals surface area contributed by atoms with Crippen LogP contribution in [0.15, 0.2) is 52.1 Å². The summed E-state index contributed by atoms with van der Waals surface area (Å²) in [5.74, 6) is 0.0729. The number of likely N-dealkylation sites (tertiary alicyclic amines) is 1. The Morgan fingerprint density at radius 1 is 0.956 bits per heavy atom. The van der Waals surface area contributed by atoms with Gasteiger partial charge in [-0.15, -0.1) is 0 Å². The minimum atomic E-state index is -0.623. The largest absolute Gasteiger partial charge is 0.444 e. The average molecular weight is 619 g/mol. The van der Waals surface area contributed by atoms with E-state index in [0.29, 0.717) is 59.8 Å². The third kappa shape index (κ3) is 7.73. The number of rotatable bonds is 7. The molecule has 5 rings (SSSR count). The van der Waals surface area contributed by atoms with Crippen LogP contribution >= 0.6 is 0 Å². The Bertz CT molecular complexity index is 1710. The normalized spacial score (nSPS) is 16.8. The summed E-state index contributed by atoms with van der Waals surface area (Å²) < 4.78 is 8.21. The van der Waals surface area contributed by atoms with Crippen molar-refractivity contribution in [1.82, 2.24) is 19.4 Å². The molecule has 2 aromatic carbocycles. The van der Waals surface area contributed by atoms with Gasteiger partial charge >= 0.3 is 17.8 Å². The molecule has 2 aliphatic rings. The van der Waals surface area contributed by atoms with Crippen LogP contribution in [0, 0.1) is 5.92 Å². The summed E-state index contributed by atoms with van der Waals surface area (Å²) in [6.45, 7) is 10.4. The molecule has 240 valence electrons. The molecule has 2 heterocycles. The van der Waals surface area contributed by atoms with Crippen LogP contribution in [0.5, 0.6) is 0 Å². The number of carbonyl (C=O) groups excluding carboxylic acids is 3. The molecule has 0 unspecified atom stereocenters. The van der Waals surface area contributed by atoms with Crippen LogP contribution in [-0.4, -0.2) is 56.8 Å². The second-order valence-electron chi connectivity index (χ2n) is 13.2. The zero-order valence-electron chi connectivity index (χ0n) is 26.5. The van der Waals surface area contributed by atoms with Gasteiger partial charge in [0.15, 0.2) is 0 Å². The third-order valence-electron chi connectivity index (χ3n) is 7.91. The molecule has 0 radical (unpaired) electrons. The fraction of sp³-hybridized carbons (Fsp3) is 0.485. The Kier molecular flexibility index (Phi) is 9.03. The second kappa shape index (κ2) is 12.8. The number of fused-ring (bicyclic) bond motifs is 1. The van der Waals surface area contributed by atoms with Crippen molar-refractivity contribution >= 4 is 40.3 Å². The number of anilines is 2. The summed E-state index contributed by atoms with van der Waals surface area (Å²) in [7, 11) is 0. The SMILES string of the molecule is CC(C)n1c(=O)n(CC2CC2)c(=O)c2cc(NC(=O)N3CCC[C@@H](NC(=O)c4ccc(NC(=O)OC(C)(C)C)cc4)C3)ccc21. The summed E-state index contributed by atoms with van der Waals surface area (Å²) >= 11 is 0. The first-order chi connectivity index (χ1) is 21.3. The molecule has 1 saturated heterocycles. The van der Waals surface area contributed by atoms with Gasteiger partial charge in [0.05, 0.1) is 10.9 Å². The number of benzene rings is 2. The van der Waals surface area contributed by atoms with Crippen LogP contribution in [-0.2, 0) is 11.3 Å². The van der Waals surface area contributed by atoms with Gasteiger partial charge in [-0.1, -0.05) is 0 Å². The summed E-state index contributed by atoms with van der Waals surface area (Å²) in [5, 5.41) is 8.94. The lowest BCUT2D eigenvalue weighted by molar-refractivity contribution is 0.0635. The number of hydrogen-bond donors (Lipinski definition) is 3. The number of nitrogens with one attached hydrogen (secondary N) is 3. The lowest BCUT2D eigenvalue weighted by atomic mass is 10.1. The Morgan fingerprint density at radius 3 is 2.29 bits per heavy atom. The van der Waals surface area contributed by atoms with Crippen molar-refractivity contribution in [3.8, 4) is 0 Å². The fourth-order valence-electron chi connectivity index (χ4n) is 5.56. The Balaban J connectivity index is 1.23. The lowest BCUT2D eigenvalue weighted by Gasteiger charge is -2.33. The zero-order valence-corrected chi connectivity index (χ0v) is 26.5. The van der Waals surface area contributed by atoms with Crippen LogP contribution in [0.3, 0.4) is 0 Å². The van der Waals surface area contributed by atoms with Gasteiger partial charge in [-0.2, -0.15) is 0 Å². The van der Waals surface area contributed by atoms with E-state index in [0.717, 1.165) is 19.3 Å². The fourth-order valence-corrected chi connectivity index (χ4v) is 5.56. The maximum Gasteiger partial charge on any atom is 0.412 e. The van der Waals surface area contributed by atoms with Crippen molar-refractivity contribution in [1.29, 1.82) is 0 Å². The first kappa shape index (κ1) is 31.8. The first-order valence-electron chi connectivity index (χ1n) is 15.5. The first-order valence-corrected chi connectivity index (χ1v) is 15.5. The van der Waals surface area contributed by atoms with E-state index in [-0.39, 0.29) is 35.3 Å².